The van der Waals surface area contributed by atoms with Gasteiger partial charge in [0.1, 0.15) is 5.69 Å². The molecule has 20 heavy (non-hydrogen) atoms. The first-order valence-corrected chi connectivity index (χ1v) is 6.94. The maximum atomic E-state index is 10.8. The average molecular weight is 339 g/mol. The predicted octanol–water partition coefficient (Wildman–Crippen LogP) is 2.40. The fourth-order valence-corrected chi connectivity index (χ4v) is 2.16. The maximum absolute atomic E-state index is 10.8. The fourth-order valence-electron chi connectivity index (χ4n) is 1.77. The van der Waals surface area contributed by atoms with Crippen molar-refractivity contribution < 1.29 is 9.90 Å². The quantitative estimate of drug-likeness (QED) is 0.906. The van der Waals surface area contributed by atoms with Gasteiger partial charge in [0.05, 0.1) is 18.7 Å². The second-order valence-corrected chi connectivity index (χ2v) is 5.09. The van der Waals surface area contributed by atoms with E-state index in [-0.39, 0.29) is 5.56 Å². The third kappa shape index (κ3) is 3.16. The van der Waals surface area contributed by atoms with Crippen molar-refractivity contribution in [3.8, 4) is 0 Å². The van der Waals surface area contributed by atoms with Crippen molar-refractivity contribution in [3.05, 3.63) is 40.1 Å². The number of anilines is 1. The van der Waals surface area contributed by atoms with Crippen LogP contribution >= 0.6 is 15.9 Å². The molecule has 106 valence electrons. The van der Waals surface area contributed by atoms with Crippen LogP contribution in [0, 0.1) is 0 Å². The van der Waals surface area contributed by atoms with Crippen LogP contribution in [-0.4, -0.2) is 33.1 Å². The molecular weight excluding hydrogens is 324 g/mol. The van der Waals surface area contributed by atoms with Crippen molar-refractivity contribution in [1.82, 2.24) is 15.0 Å². The number of nitrogens with zero attached hydrogens (tertiary/aromatic N) is 4. The summed E-state index contributed by atoms with van der Waals surface area (Å²) in [7, 11) is 1.92. The molecule has 0 bridgehead atoms. The Bertz CT molecular complexity index is 609. The van der Waals surface area contributed by atoms with Crippen molar-refractivity contribution >= 4 is 27.6 Å². The number of hydrogen-bond donors (Lipinski definition) is 1. The first kappa shape index (κ1) is 14.5. The summed E-state index contributed by atoms with van der Waals surface area (Å²) in [6.45, 7) is 3.28. The molecule has 0 fully saturated rings. The van der Waals surface area contributed by atoms with Gasteiger partial charge in [-0.15, -0.1) is 5.10 Å². The number of aryl methyl sites for hydroxylation is 1. The van der Waals surface area contributed by atoms with E-state index >= 15 is 0 Å². The molecule has 0 aliphatic carbocycles. The van der Waals surface area contributed by atoms with E-state index in [1.54, 1.807) is 29.1 Å². The van der Waals surface area contributed by atoms with Crippen molar-refractivity contribution in [3.63, 3.8) is 0 Å². The molecule has 1 heterocycles. The van der Waals surface area contributed by atoms with Crippen LogP contribution in [0.3, 0.4) is 0 Å². The minimum atomic E-state index is -0.923. The van der Waals surface area contributed by atoms with Crippen LogP contribution in [0.5, 0.6) is 0 Å². The number of aromatic carboxylic acids is 1. The van der Waals surface area contributed by atoms with E-state index in [0.717, 1.165) is 22.5 Å². The van der Waals surface area contributed by atoms with E-state index < -0.39 is 5.97 Å². The first-order valence-electron chi connectivity index (χ1n) is 6.15. The zero-order valence-electron chi connectivity index (χ0n) is 11.2. The molecule has 0 amide bonds. The summed E-state index contributed by atoms with van der Waals surface area (Å²) in [4.78, 5) is 14.4. The molecule has 1 aromatic carbocycles. The van der Waals surface area contributed by atoms with Gasteiger partial charge in [0.15, 0.2) is 4.60 Å². The molecule has 0 saturated carbocycles. The number of carbonyl (C=O) groups is 1. The second-order valence-electron chi connectivity index (χ2n) is 4.33. The van der Waals surface area contributed by atoms with Crippen LogP contribution < -0.4 is 4.90 Å². The number of halogens is 1. The van der Waals surface area contributed by atoms with Crippen LogP contribution in [0.1, 0.15) is 23.0 Å². The van der Waals surface area contributed by atoms with Crippen molar-refractivity contribution in [2.24, 2.45) is 0 Å². The van der Waals surface area contributed by atoms with Gasteiger partial charge < -0.3 is 10.0 Å². The van der Waals surface area contributed by atoms with E-state index in [9.17, 15) is 4.79 Å². The van der Waals surface area contributed by atoms with Gasteiger partial charge in [0.25, 0.3) is 0 Å². The lowest BCUT2D eigenvalue weighted by atomic mass is 10.2. The van der Waals surface area contributed by atoms with E-state index in [4.69, 9.17) is 5.11 Å². The number of aromatic nitrogens is 3. The van der Waals surface area contributed by atoms with E-state index in [2.05, 4.69) is 26.1 Å². The van der Waals surface area contributed by atoms with Gasteiger partial charge in [0.2, 0.25) is 0 Å². The predicted molar refractivity (Wildman–Crippen MR) is 78.9 cm³/mol. The summed E-state index contributed by atoms with van der Waals surface area (Å²) in [5.74, 6) is -0.923. The largest absolute Gasteiger partial charge is 0.478 e. The third-order valence-electron chi connectivity index (χ3n) is 2.90. The molecule has 1 N–H and O–H groups in total. The normalized spacial score (nSPS) is 10.6. The number of carboxylic acids is 1. The smallest absolute Gasteiger partial charge is 0.335 e. The minimum absolute atomic E-state index is 0.278. The highest BCUT2D eigenvalue weighted by atomic mass is 79.9. The van der Waals surface area contributed by atoms with Gasteiger partial charge in [-0.05, 0) is 47.1 Å². The summed E-state index contributed by atoms with van der Waals surface area (Å²) in [5, 5.41) is 17.5. The lowest BCUT2D eigenvalue weighted by molar-refractivity contribution is 0.0697. The Hall–Kier alpha value is -1.89. The molecule has 0 saturated heterocycles. The van der Waals surface area contributed by atoms with Gasteiger partial charge in [-0.3, -0.25) is 0 Å². The number of rotatable bonds is 5. The highest BCUT2D eigenvalue weighted by molar-refractivity contribution is 9.10. The summed E-state index contributed by atoms with van der Waals surface area (Å²) in [6.07, 6.45) is 0. The molecular formula is C13H15BrN4O2. The Morgan fingerprint density at radius 2 is 2.00 bits per heavy atom. The molecule has 0 radical (unpaired) electrons. The number of benzene rings is 1. The van der Waals surface area contributed by atoms with Crippen molar-refractivity contribution in [1.29, 1.82) is 0 Å². The number of hydrogen-bond acceptors (Lipinski definition) is 4. The Labute approximate surface area is 125 Å². The van der Waals surface area contributed by atoms with Crippen LogP contribution in [0.2, 0.25) is 0 Å². The first-order chi connectivity index (χ1) is 9.51. The summed E-state index contributed by atoms with van der Waals surface area (Å²) in [5.41, 5.74) is 2.05. The summed E-state index contributed by atoms with van der Waals surface area (Å²) in [6, 6.07) is 6.74. The zero-order valence-corrected chi connectivity index (χ0v) is 12.8. The van der Waals surface area contributed by atoms with Crippen LogP contribution in [-0.2, 0) is 13.1 Å². The van der Waals surface area contributed by atoms with E-state index in [1.165, 1.54) is 0 Å². The summed E-state index contributed by atoms with van der Waals surface area (Å²) < 4.78 is 0.730. The average Bonchev–Trinajstić information content (AvgIpc) is 2.79. The fraction of sp³-hybridized carbons (Fsp3) is 0.308. The van der Waals surface area contributed by atoms with Gasteiger partial charge in [-0.1, -0.05) is 0 Å². The molecule has 0 aliphatic rings. The molecule has 0 aliphatic heterocycles. The topological polar surface area (TPSA) is 71.2 Å². The standard InChI is InChI=1S/C13H15BrN4O2/c1-3-18-15-11(12(14)16-18)8-17(2)10-6-4-9(5-7-10)13(19)20/h4-7H,3,8H2,1-2H3,(H,19,20). The number of carboxylic acid groups (broad SMARTS) is 1. The molecule has 2 aromatic rings. The van der Waals surface area contributed by atoms with E-state index in [0.29, 0.717) is 6.54 Å². The highest BCUT2D eigenvalue weighted by Gasteiger charge is 2.11. The van der Waals surface area contributed by atoms with Crippen molar-refractivity contribution in [2.75, 3.05) is 11.9 Å². The Morgan fingerprint density at radius 3 is 2.50 bits per heavy atom. The molecule has 1 aromatic heterocycles. The van der Waals surface area contributed by atoms with E-state index in [1.807, 2.05) is 18.9 Å². The SMILES string of the molecule is CCn1nc(Br)c(CN(C)c2ccc(C(=O)O)cc2)n1. The second kappa shape index (κ2) is 6.04. The van der Waals surface area contributed by atoms with Crippen LogP contribution in [0.15, 0.2) is 28.9 Å². The monoisotopic (exact) mass is 338 g/mol. The van der Waals surface area contributed by atoms with Crippen molar-refractivity contribution in [2.45, 2.75) is 20.0 Å². The molecule has 0 atom stereocenters. The highest BCUT2D eigenvalue weighted by Crippen LogP contribution is 2.19. The van der Waals surface area contributed by atoms with Gasteiger partial charge in [-0.2, -0.15) is 9.90 Å². The van der Waals surface area contributed by atoms with Crippen LogP contribution in [0.25, 0.3) is 0 Å². The lowest BCUT2D eigenvalue weighted by Gasteiger charge is -2.18. The molecule has 6 nitrogen and oxygen atoms in total. The Kier molecular flexibility index (Phi) is 4.39. The molecule has 0 spiro atoms. The lowest BCUT2D eigenvalue weighted by Crippen LogP contribution is -2.17. The third-order valence-corrected chi connectivity index (χ3v) is 3.52. The van der Waals surface area contributed by atoms with Gasteiger partial charge >= 0.3 is 5.97 Å². The minimum Gasteiger partial charge on any atom is -0.478 e. The Morgan fingerprint density at radius 1 is 1.35 bits per heavy atom. The summed E-state index contributed by atoms with van der Waals surface area (Å²) >= 11 is 3.39. The van der Waals surface area contributed by atoms with Crippen LogP contribution in [0.4, 0.5) is 5.69 Å². The van der Waals surface area contributed by atoms with Gasteiger partial charge in [-0.25, -0.2) is 4.79 Å². The molecule has 2 rings (SSSR count). The Balaban J connectivity index is 2.12. The maximum Gasteiger partial charge on any atom is 0.335 e. The molecule has 0 unspecified atom stereocenters. The molecule has 7 heteroatoms. The zero-order chi connectivity index (χ0) is 14.7. The van der Waals surface area contributed by atoms with Gasteiger partial charge in [0, 0.05) is 12.7 Å².